The molecule has 0 aliphatic carbocycles. The zero-order chi connectivity index (χ0) is 13.6. The number of benzene rings is 1. The zero-order valence-corrected chi connectivity index (χ0v) is 9.75. The minimum atomic E-state index is -0.422. The summed E-state index contributed by atoms with van der Waals surface area (Å²) in [5.74, 6) is -0.773. The van der Waals surface area contributed by atoms with Gasteiger partial charge in [0.1, 0.15) is 17.3 Å². The van der Waals surface area contributed by atoms with Gasteiger partial charge in [-0.1, -0.05) is 0 Å². The summed E-state index contributed by atoms with van der Waals surface area (Å²) in [6.07, 6.45) is 0.194. The Bertz CT molecular complexity index is 782. The van der Waals surface area contributed by atoms with Gasteiger partial charge < -0.3 is 16.0 Å². The van der Waals surface area contributed by atoms with E-state index in [0.717, 1.165) is 0 Å². The summed E-state index contributed by atoms with van der Waals surface area (Å²) in [7, 11) is 0. The third-order valence-electron chi connectivity index (χ3n) is 3.16. The van der Waals surface area contributed by atoms with Crippen molar-refractivity contribution in [2.24, 2.45) is 5.73 Å². The van der Waals surface area contributed by atoms with Gasteiger partial charge in [-0.2, -0.15) is 5.26 Å². The molecule has 2 aromatic rings. The second-order valence-corrected chi connectivity index (χ2v) is 4.30. The van der Waals surface area contributed by atoms with Crippen LogP contribution in [0, 0.1) is 17.1 Å². The molecule has 5 nitrogen and oxygen atoms in total. The molecule has 1 aromatic carbocycles. The van der Waals surface area contributed by atoms with Crippen LogP contribution >= 0.6 is 0 Å². The lowest BCUT2D eigenvalue weighted by molar-refractivity contribution is 0.0961. The number of carbonyl (C=O) groups excluding carboxylic acids is 1. The molecule has 0 fully saturated rings. The highest BCUT2D eigenvalue weighted by Gasteiger charge is 2.24. The maximum Gasteiger partial charge on any atom is 0.273 e. The molecule has 0 saturated carbocycles. The number of rotatable bonds is 0. The first-order chi connectivity index (χ1) is 9.10. The van der Waals surface area contributed by atoms with E-state index in [4.69, 9.17) is 11.0 Å². The molecule has 94 valence electrons. The lowest BCUT2D eigenvalue weighted by Gasteiger charge is -2.01. The Kier molecular flexibility index (Phi) is 2.29. The van der Waals surface area contributed by atoms with Crippen molar-refractivity contribution in [3.8, 4) is 6.07 Å². The molecular weight excluding hydrogens is 247 g/mol. The molecule has 0 atom stereocenters. The van der Waals surface area contributed by atoms with Gasteiger partial charge in [0.2, 0.25) is 0 Å². The van der Waals surface area contributed by atoms with E-state index in [2.05, 4.69) is 10.3 Å². The lowest BCUT2D eigenvalue weighted by Crippen LogP contribution is -2.27. The van der Waals surface area contributed by atoms with Gasteiger partial charge in [0.05, 0.1) is 11.6 Å². The quantitative estimate of drug-likeness (QED) is 0.662. The van der Waals surface area contributed by atoms with Crippen LogP contribution in [-0.2, 0) is 6.42 Å². The van der Waals surface area contributed by atoms with E-state index in [1.54, 1.807) is 6.07 Å². The highest BCUT2D eigenvalue weighted by molar-refractivity contribution is 6.02. The third-order valence-corrected chi connectivity index (χ3v) is 3.16. The van der Waals surface area contributed by atoms with Gasteiger partial charge in [-0.15, -0.1) is 0 Å². The normalized spacial score (nSPS) is 14.8. The van der Waals surface area contributed by atoms with E-state index in [0.29, 0.717) is 22.2 Å². The van der Waals surface area contributed by atoms with Crippen LogP contribution in [0.3, 0.4) is 0 Å². The Labute approximate surface area is 107 Å². The fraction of sp³-hybridized carbons (Fsp3) is 0.0769. The van der Waals surface area contributed by atoms with E-state index in [9.17, 15) is 9.18 Å². The molecule has 0 saturated heterocycles. The van der Waals surface area contributed by atoms with Gasteiger partial charge in [-0.3, -0.25) is 4.79 Å². The molecule has 1 aliphatic heterocycles. The minimum absolute atomic E-state index is 0.0432. The average Bonchev–Trinajstić information content (AvgIpc) is 2.67. The Morgan fingerprint density at radius 2 is 2.21 bits per heavy atom. The average molecular weight is 256 g/mol. The number of allylic oxidation sites excluding steroid dienone is 1. The van der Waals surface area contributed by atoms with E-state index >= 15 is 0 Å². The van der Waals surface area contributed by atoms with Gasteiger partial charge in [0.15, 0.2) is 0 Å². The molecule has 1 amide bonds. The van der Waals surface area contributed by atoms with Crippen molar-refractivity contribution in [1.29, 1.82) is 5.26 Å². The molecular formula is C13H9FN4O. The van der Waals surface area contributed by atoms with Gasteiger partial charge >= 0.3 is 0 Å². The number of nitrogens with one attached hydrogen (secondary N) is 2. The largest absolute Gasteiger partial charge is 0.384 e. The summed E-state index contributed by atoms with van der Waals surface area (Å²) in [6.45, 7) is 0. The summed E-state index contributed by atoms with van der Waals surface area (Å²) < 4.78 is 13.3. The van der Waals surface area contributed by atoms with E-state index in [1.165, 1.54) is 12.1 Å². The van der Waals surface area contributed by atoms with Gasteiger partial charge in [-0.05, 0) is 23.8 Å². The van der Waals surface area contributed by atoms with Crippen LogP contribution in [0.5, 0.6) is 0 Å². The minimum Gasteiger partial charge on any atom is -0.384 e. The van der Waals surface area contributed by atoms with Crippen LogP contribution in [0.15, 0.2) is 29.6 Å². The SMILES string of the molecule is N#CC1=C(N)NC(=O)c2[nH]c3ccc(F)cc3c2C1. The van der Waals surface area contributed by atoms with Gasteiger partial charge in [0, 0.05) is 17.3 Å². The maximum absolute atomic E-state index is 13.3. The van der Waals surface area contributed by atoms with Crippen molar-refractivity contribution in [3.63, 3.8) is 0 Å². The van der Waals surface area contributed by atoms with Crippen molar-refractivity contribution in [3.05, 3.63) is 46.7 Å². The number of nitriles is 1. The number of amides is 1. The number of aromatic amines is 1. The van der Waals surface area contributed by atoms with Crippen LogP contribution in [0.1, 0.15) is 16.1 Å². The molecule has 6 heteroatoms. The van der Waals surface area contributed by atoms with E-state index < -0.39 is 11.7 Å². The molecule has 4 N–H and O–H groups in total. The van der Waals surface area contributed by atoms with Gasteiger partial charge in [-0.25, -0.2) is 4.39 Å². The second-order valence-electron chi connectivity index (χ2n) is 4.30. The second kappa shape index (κ2) is 3.85. The highest BCUT2D eigenvalue weighted by Crippen LogP contribution is 2.27. The van der Waals surface area contributed by atoms with Crippen molar-refractivity contribution in [1.82, 2.24) is 10.3 Å². The number of H-pyrrole nitrogens is 1. The number of hydrogen-bond acceptors (Lipinski definition) is 3. The van der Waals surface area contributed by atoms with E-state index in [-0.39, 0.29) is 17.8 Å². The number of hydrogen-bond donors (Lipinski definition) is 3. The van der Waals surface area contributed by atoms with Crippen molar-refractivity contribution >= 4 is 16.8 Å². The Morgan fingerprint density at radius 1 is 1.42 bits per heavy atom. The maximum atomic E-state index is 13.3. The predicted molar refractivity (Wildman–Crippen MR) is 66.3 cm³/mol. The Balaban J connectivity index is 2.31. The smallest absolute Gasteiger partial charge is 0.273 e. The zero-order valence-electron chi connectivity index (χ0n) is 9.75. The monoisotopic (exact) mass is 256 g/mol. The first-order valence-electron chi connectivity index (χ1n) is 5.60. The number of halogens is 1. The fourth-order valence-electron chi connectivity index (χ4n) is 2.23. The fourth-order valence-corrected chi connectivity index (χ4v) is 2.23. The number of fused-ring (bicyclic) bond motifs is 3. The standard InChI is InChI=1S/C13H9FN4O/c14-7-1-2-10-8(4-7)9-3-6(5-15)12(16)18-13(19)11(9)17-10/h1-2,4,17H,3,16H2,(H,18,19). The number of nitrogens with two attached hydrogens (primary N) is 1. The number of aromatic nitrogens is 1. The molecule has 0 radical (unpaired) electrons. The topological polar surface area (TPSA) is 94.7 Å². The first-order valence-corrected chi connectivity index (χ1v) is 5.60. The third kappa shape index (κ3) is 1.64. The molecule has 0 unspecified atom stereocenters. The number of carbonyl (C=O) groups is 1. The first kappa shape index (κ1) is 11.3. The summed E-state index contributed by atoms with van der Waals surface area (Å²) in [5.41, 5.74) is 7.44. The lowest BCUT2D eigenvalue weighted by atomic mass is 10.0. The van der Waals surface area contributed by atoms with Crippen molar-refractivity contribution < 1.29 is 9.18 Å². The van der Waals surface area contributed by atoms with Crippen molar-refractivity contribution in [2.45, 2.75) is 6.42 Å². The molecule has 3 rings (SSSR count). The molecule has 0 bridgehead atoms. The molecule has 1 aliphatic rings. The molecule has 2 heterocycles. The predicted octanol–water partition coefficient (Wildman–Crippen LogP) is 1.29. The van der Waals surface area contributed by atoms with E-state index in [1.807, 2.05) is 6.07 Å². The van der Waals surface area contributed by atoms with Crippen molar-refractivity contribution in [2.75, 3.05) is 0 Å². The summed E-state index contributed by atoms with van der Waals surface area (Å²) in [4.78, 5) is 14.9. The molecule has 1 aromatic heterocycles. The molecule has 0 spiro atoms. The summed E-state index contributed by atoms with van der Waals surface area (Å²) in [6, 6.07) is 6.17. The van der Waals surface area contributed by atoms with Crippen LogP contribution in [0.2, 0.25) is 0 Å². The number of nitrogens with zero attached hydrogens (tertiary/aromatic N) is 1. The van der Waals surface area contributed by atoms with Crippen LogP contribution in [0.25, 0.3) is 10.9 Å². The summed E-state index contributed by atoms with van der Waals surface area (Å²) >= 11 is 0. The highest BCUT2D eigenvalue weighted by atomic mass is 19.1. The van der Waals surface area contributed by atoms with Crippen LogP contribution < -0.4 is 11.1 Å². The van der Waals surface area contributed by atoms with Crippen LogP contribution in [0.4, 0.5) is 4.39 Å². The summed E-state index contributed by atoms with van der Waals surface area (Å²) in [5, 5.41) is 12.1. The van der Waals surface area contributed by atoms with Gasteiger partial charge in [0.25, 0.3) is 5.91 Å². The molecule has 19 heavy (non-hydrogen) atoms. The van der Waals surface area contributed by atoms with Crippen LogP contribution in [-0.4, -0.2) is 10.9 Å². The Morgan fingerprint density at radius 3 is 2.95 bits per heavy atom. The Hall–Kier alpha value is -2.81.